The zero-order chi connectivity index (χ0) is 13.9. The van der Waals surface area contributed by atoms with Crippen LogP contribution >= 0.6 is 15.9 Å². The molecule has 100 valence electrons. The van der Waals surface area contributed by atoms with Crippen LogP contribution in [0.1, 0.15) is 20.8 Å². The first-order valence-corrected chi connectivity index (χ1v) is 6.37. The molecule has 7 heteroatoms. The van der Waals surface area contributed by atoms with E-state index in [4.69, 9.17) is 5.73 Å². The van der Waals surface area contributed by atoms with Crippen molar-refractivity contribution in [2.45, 2.75) is 26.3 Å². The topological polar surface area (TPSA) is 94.1 Å². The molecular weight excluding hydrogens is 300 g/mol. The van der Waals surface area contributed by atoms with Crippen LogP contribution in [0.3, 0.4) is 0 Å². The molecule has 0 saturated heterocycles. The van der Waals surface area contributed by atoms with Gasteiger partial charge in [-0.1, -0.05) is 13.8 Å². The van der Waals surface area contributed by atoms with E-state index in [1.54, 1.807) is 0 Å². The van der Waals surface area contributed by atoms with Crippen molar-refractivity contribution in [3.05, 3.63) is 26.9 Å². The van der Waals surface area contributed by atoms with Gasteiger partial charge >= 0.3 is 5.69 Å². The lowest BCUT2D eigenvalue weighted by Crippen LogP contribution is -2.47. The number of anilines is 1. The van der Waals surface area contributed by atoms with Crippen molar-refractivity contribution in [1.82, 2.24) is 4.98 Å². The Hall–Kier alpha value is -1.21. The van der Waals surface area contributed by atoms with Crippen molar-refractivity contribution in [3.8, 4) is 0 Å². The molecule has 6 nitrogen and oxygen atoms in total. The van der Waals surface area contributed by atoms with Crippen LogP contribution in [-0.2, 0) is 0 Å². The fourth-order valence-corrected chi connectivity index (χ4v) is 1.68. The molecule has 1 unspecified atom stereocenters. The summed E-state index contributed by atoms with van der Waals surface area (Å²) in [5.41, 5.74) is 5.24. The predicted molar refractivity (Wildman–Crippen MR) is 74.5 cm³/mol. The van der Waals surface area contributed by atoms with E-state index in [0.29, 0.717) is 11.0 Å². The van der Waals surface area contributed by atoms with Gasteiger partial charge in [0, 0.05) is 23.3 Å². The predicted octanol–water partition coefficient (Wildman–Crippen LogP) is 2.54. The lowest BCUT2D eigenvalue weighted by Gasteiger charge is -2.33. The molecule has 1 aromatic rings. The average Bonchev–Trinajstić information content (AvgIpc) is 2.30. The number of hydrogen-bond acceptors (Lipinski definition) is 5. The van der Waals surface area contributed by atoms with Crippen molar-refractivity contribution in [1.29, 1.82) is 0 Å². The summed E-state index contributed by atoms with van der Waals surface area (Å²) in [5, 5.41) is 14.1. The van der Waals surface area contributed by atoms with E-state index in [1.165, 1.54) is 12.3 Å². The zero-order valence-electron chi connectivity index (χ0n) is 10.6. The number of nitrogens with zero attached hydrogens (tertiary/aromatic N) is 2. The zero-order valence-corrected chi connectivity index (χ0v) is 12.2. The summed E-state index contributed by atoms with van der Waals surface area (Å²) in [5.74, 6) is 0.456. The SMILES string of the molecule is CC(C)C(C)(CN)Nc1ncc(Br)cc1[N+](=O)[O-]. The number of aromatic nitrogens is 1. The lowest BCUT2D eigenvalue weighted by atomic mass is 9.88. The average molecular weight is 317 g/mol. The normalized spacial score (nSPS) is 14.3. The maximum atomic E-state index is 11.0. The molecule has 0 aromatic carbocycles. The highest BCUT2D eigenvalue weighted by molar-refractivity contribution is 9.10. The minimum absolute atomic E-state index is 0.0651. The molecule has 3 N–H and O–H groups in total. The van der Waals surface area contributed by atoms with Crippen LogP contribution in [0, 0.1) is 16.0 Å². The third kappa shape index (κ3) is 3.17. The van der Waals surface area contributed by atoms with Crippen LogP contribution in [0.15, 0.2) is 16.7 Å². The number of nitrogens with two attached hydrogens (primary N) is 1. The van der Waals surface area contributed by atoms with Gasteiger partial charge in [-0.2, -0.15) is 0 Å². The Kier molecular flexibility index (Phi) is 4.64. The van der Waals surface area contributed by atoms with E-state index in [9.17, 15) is 10.1 Å². The van der Waals surface area contributed by atoms with E-state index in [2.05, 4.69) is 26.2 Å². The Morgan fingerprint density at radius 2 is 2.28 bits per heavy atom. The molecule has 1 rings (SSSR count). The van der Waals surface area contributed by atoms with Crippen LogP contribution in [0.2, 0.25) is 0 Å². The van der Waals surface area contributed by atoms with Gasteiger partial charge in [-0.3, -0.25) is 10.1 Å². The molecule has 0 aliphatic heterocycles. The molecule has 0 amide bonds. The molecule has 1 aromatic heterocycles. The van der Waals surface area contributed by atoms with Crippen molar-refractivity contribution in [2.24, 2.45) is 11.7 Å². The maximum absolute atomic E-state index is 11.0. The summed E-state index contributed by atoms with van der Waals surface area (Å²) >= 11 is 3.17. The molecule has 0 aliphatic rings. The van der Waals surface area contributed by atoms with Gasteiger partial charge in [0.05, 0.1) is 10.5 Å². The fourth-order valence-electron chi connectivity index (χ4n) is 1.37. The quantitative estimate of drug-likeness (QED) is 0.643. The first-order valence-electron chi connectivity index (χ1n) is 5.58. The largest absolute Gasteiger partial charge is 0.358 e. The first-order chi connectivity index (χ1) is 8.30. The molecule has 0 radical (unpaired) electrons. The third-order valence-corrected chi connectivity index (χ3v) is 3.57. The highest BCUT2D eigenvalue weighted by Gasteiger charge is 2.30. The number of halogens is 1. The summed E-state index contributed by atoms with van der Waals surface area (Å²) in [6, 6.07) is 1.42. The van der Waals surface area contributed by atoms with Crippen molar-refractivity contribution >= 4 is 27.4 Å². The van der Waals surface area contributed by atoms with Gasteiger partial charge in [-0.05, 0) is 28.8 Å². The summed E-state index contributed by atoms with van der Waals surface area (Å²) in [4.78, 5) is 14.6. The molecule has 0 bridgehead atoms. The van der Waals surface area contributed by atoms with E-state index < -0.39 is 10.5 Å². The molecule has 0 spiro atoms. The van der Waals surface area contributed by atoms with Gasteiger partial charge in [0.15, 0.2) is 0 Å². The smallest absolute Gasteiger partial charge is 0.312 e. The first kappa shape index (κ1) is 14.8. The molecule has 0 aliphatic carbocycles. The summed E-state index contributed by atoms with van der Waals surface area (Å²) in [7, 11) is 0. The minimum atomic E-state index is -0.461. The number of nitrogens with one attached hydrogen (secondary N) is 1. The third-order valence-electron chi connectivity index (χ3n) is 3.13. The van der Waals surface area contributed by atoms with Crippen LogP contribution in [0.5, 0.6) is 0 Å². The minimum Gasteiger partial charge on any atom is -0.358 e. The van der Waals surface area contributed by atoms with Gasteiger partial charge in [-0.15, -0.1) is 0 Å². The molecule has 1 heterocycles. The number of hydrogen-bond donors (Lipinski definition) is 2. The Labute approximate surface area is 114 Å². The standard InChI is InChI=1S/C11H17BrN4O2/c1-7(2)11(3,6-13)15-10-9(16(17)18)4-8(12)5-14-10/h4-5,7H,6,13H2,1-3H3,(H,14,15). The van der Waals surface area contributed by atoms with Gasteiger partial charge in [-0.25, -0.2) is 4.98 Å². The Morgan fingerprint density at radius 3 is 2.72 bits per heavy atom. The molecule has 0 saturated carbocycles. The van der Waals surface area contributed by atoms with Gasteiger partial charge in [0.1, 0.15) is 0 Å². The Bertz CT molecular complexity index is 453. The van der Waals surface area contributed by atoms with Crippen molar-refractivity contribution < 1.29 is 4.92 Å². The number of pyridine rings is 1. The van der Waals surface area contributed by atoms with Crippen LogP contribution in [0.25, 0.3) is 0 Å². The molecule has 1 atom stereocenters. The fraction of sp³-hybridized carbons (Fsp3) is 0.545. The highest BCUT2D eigenvalue weighted by atomic mass is 79.9. The highest BCUT2D eigenvalue weighted by Crippen LogP contribution is 2.29. The van der Waals surface area contributed by atoms with Crippen molar-refractivity contribution in [2.75, 3.05) is 11.9 Å². The monoisotopic (exact) mass is 316 g/mol. The van der Waals surface area contributed by atoms with E-state index in [0.717, 1.165) is 0 Å². The van der Waals surface area contributed by atoms with Gasteiger partial charge in [0.2, 0.25) is 5.82 Å². The van der Waals surface area contributed by atoms with Crippen LogP contribution in [-0.4, -0.2) is 22.0 Å². The second kappa shape index (κ2) is 5.62. The Morgan fingerprint density at radius 1 is 1.67 bits per heavy atom. The summed E-state index contributed by atoms with van der Waals surface area (Å²) in [6.45, 7) is 6.29. The van der Waals surface area contributed by atoms with Gasteiger partial charge < -0.3 is 11.1 Å². The second-order valence-corrected chi connectivity index (χ2v) is 5.60. The second-order valence-electron chi connectivity index (χ2n) is 4.68. The van der Waals surface area contributed by atoms with E-state index >= 15 is 0 Å². The molecular formula is C11H17BrN4O2. The van der Waals surface area contributed by atoms with E-state index in [1.807, 2.05) is 20.8 Å². The number of rotatable bonds is 5. The van der Waals surface area contributed by atoms with Crippen LogP contribution < -0.4 is 11.1 Å². The van der Waals surface area contributed by atoms with Crippen molar-refractivity contribution in [3.63, 3.8) is 0 Å². The van der Waals surface area contributed by atoms with E-state index in [-0.39, 0.29) is 17.4 Å². The van der Waals surface area contributed by atoms with Crippen LogP contribution in [0.4, 0.5) is 11.5 Å². The lowest BCUT2D eigenvalue weighted by molar-refractivity contribution is -0.384. The molecule has 18 heavy (non-hydrogen) atoms. The number of nitro groups is 1. The maximum Gasteiger partial charge on any atom is 0.312 e. The van der Waals surface area contributed by atoms with Gasteiger partial charge in [0.25, 0.3) is 0 Å². The summed E-state index contributed by atoms with van der Waals surface area (Å²) < 4.78 is 0.568. The Balaban J connectivity index is 3.14. The molecule has 0 fully saturated rings. The summed E-state index contributed by atoms with van der Waals surface area (Å²) in [6.07, 6.45) is 1.52.